The summed E-state index contributed by atoms with van der Waals surface area (Å²) in [6, 6.07) is 1.79. The number of ether oxygens (including phenoxy) is 2. The van der Waals surface area contributed by atoms with Crippen molar-refractivity contribution in [1.29, 1.82) is 0 Å². The first-order valence-corrected chi connectivity index (χ1v) is 5.66. The molecule has 1 rings (SSSR count). The van der Waals surface area contributed by atoms with Crippen LogP contribution in [0.1, 0.15) is 18.1 Å². The van der Waals surface area contributed by atoms with Crippen molar-refractivity contribution in [1.82, 2.24) is 0 Å². The molecule has 0 atom stereocenters. The van der Waals surface area contributed by atoms with Gasteiger partial charge in [0.05, 0.1) is 17.7 Å². The minimum atomic E-state index is -4.93. The largest absolute Gasteiger partial charge is 0.490 e. The van der Waals surface area contributed by atoms with Crippen molar-refractivity contribution in [3.05, 3.63) is 29.3 Å². The van der Waals surface area contributed by atoms with Crippen molar-refractivity contribution in [3.63, 3.8) is 0 Å². The third-order valence-corrected chi connectivity index (χ3v) is 2.30. The van der Waals surface area contributed by atoms with E-state index in [9.17, 15) is 26.3 Å². The second-order valence-corrected chi connectivity index (χ2v) is 3.72. The molecular weight excluding hydrogens is 290 g/mol. The molecule has 8 heteroatoms. The normalized spacial score (nSPS) is 12.6. The van der Waals surface area contributed by atoms with E-state index in [4.69, 9.17) is 4.74 Å². The van der Waals surface area contributed by atoms with Crippen molar-refractivity contribution in [2.75, 3.05) is 19.8 Å². The summed E-state index contributed by atoms with van der Waals surface area (Å²) in [5, 5.41) is 0. The summed E-state index contributed by atoms with van der Waals surface area (Å²) in [4.78, 5) is 0. The fourth-order valence-corrected chi connectivity index (χ4v) is 1.49. The van der Waals surface area contributed by atoms with Crippen LogP contribution in [-0.4, -0.2) is 19.8 Å². The van der Waals surface area contributed by atoms with Gasteiger partial charge in [0.2, 0.25) is 0 Å². The molecule has 0 spiro atoms. The molecule has 0 heterocycles. The van der Waals surface area contributed by atoms with Crippen LogP contribution in [0.2, 0.25) is 0 Å². The Bertz CT molecular complexity index is 406. The van der Waals surface area contributed by atoms with Crippen LogP contribution in [0.3, 0.4) is 0 Å². The Morgan fingerprint density at radius 1 is 0.900 bits per heavy atom. The number of halogens is 6. The van der Waals surface area contributed by atoms with Crippen molar-refractivity contribution in [2.45, 2.75) is 19.3 Å². The average molecular weight is 302 g/mol. The minimum absolute atomic E-state index is 0.0972. The van der Waals surface area contributed by atoms with Gasteiger partial charge in [0.25, 0.3) is 0 Å². The van der Waals surface area contributed by atoms with E-state index in [1.54, 1.807) is 6.92 Å². The van der Waals surface area contributed by atoms with Crippen molar-refractivity contribution < 1.29 is 35.8 Å². The zero-order valence-electron chi connectivity index (χ0n) is 10.4. The summed E-state index contributed by atoms with van der Waals surface area (Å²) in [6.45, 7) is 1.44. The van der Waals surface area contributed by atoms with Gasteiger partial charge in [0, 0.05) is 6.61 Å². The van der Waals surface area contributed by atoms with Crippen LogP contribution in [-0.2, 0) is 17.1 Å². The fraction of sp³-hybridized carbons (Fsp3) is 0.500. The highest BCUT2D eigenvalue weighted by Crippen LogP contribution is 2.43. The first-order chi connectivity index (χ1) is 9.18. The summed E-state index contributed by atoms with van der Waals surface area (Å²) in [5.41, 5.74) is -2.91. The lowest BCUT2D eigenvalue weighted by atomic mass is 10.1. The Morgan fingerprint density at radius 3 is 1.80 bits per heavy atom. The Balaban J connectivity index is 3.13. The van der Waals surface area contributed by atoms with Gasteiger partial charge < -0.3 is 9.47 Å². The smallest absolute Gasteiger partial charge is 0.419 e. The molecule has 1 aromatic carbocycles. The number of alkyl halides is 6. The van der Waals surface area contributed by atoms with Crippen LogP contribution in [0.25, 0.3) is 0 Å². The molecule has 1 aromatic rings. The second-order valence-electron chi connectivity index (χ2n) is 3.72. The van der Waals surface area contributed by atoms with Gasteiger partial charge in [-0.05, 0) is 19.1 Å². The predicted octanol–water partition coefficient (Wildman–Crippen LogP) is 4.14. The second kappa shape index (κ2) is 6.34. The molecule has 20 heavy (non-hydrogen) atoms. The van der Waals surface area contributed by atoms with E-state index in [2.05, 4.69) is 4.74 Å². The Labute approximate surface area is 111 Å². The van der Waals surface area contributed by atoms with Crippen LogP contribution in [0.5, 0.6) is 5.75 Å². The van der Waals surface area contributed by atoms with E-state index in [0.717, 1.165) is 0 Å². The summed E-state index contributed by atoms with van der Waals surface area (Å²) >= 11 is 0. The van der Waals surface area contributed by atoms with Gasteiger partial charge in [-0.3, -0.25) is 0 Å². The van der Waals surface area contributed by atoms with Gasteiger partial charge >= 0.3 is 12.4 Å². The van der Waals surface area contributed by atoms with Crippen LogP contribution >= 0.6 is 0 Å². The quantitative estimate of drug-likeness (QED) is 0.601. The first-order valence-electron chi connectivity index (χ1n) is 5.66. The Morgan fingerprint density at radius 2 is 1.40 bits per heavy atom. The van der Waals surface area contributed by atoms with Crippen LogP contribution < -0.4 is 4.74 Å². The van der Waals surface area contributed by atoms with Crippen LogP contribution in [0.15, 0.2) is 18.2 Å². The highest BCUT2D eigenvalue weighted by atomic mass is 19.4. The number of benzene rings is 1. The van der Waals surface area contributed by atoms with E-state index < -0.39 is 35.8 Å². The lowest BCUT2D eigenvalue weighted by Gasteiger charge is -2.18. The van der Waals surface area contributed by atoms with Gasteiger partial charge in [0.15, 0.2) is 0 Å². The molecule has 0 saturated carbocycles. The summed E-state index contributed by atoms with van der Waals surface area (Å²) < 4.78 is 85.8. The van der Waals surface area contributed by atoms with Crippen molar-refractivity contribution in [2.24, 2.45) is 0 Å². The molecule has 0 unspecified atom stereocenters. The molecule has 0 amide bonds. The Hall–Kier alpha value is -1.44. The summed E-state index contributed by atoms with van der Waals surface area (Å²) in [6.07, 6.45) is -9.86. The lowest BCUT2D eigenvalue weighted by Crippen LogP contribution is -2.17. The van der Waals surface area contributed by atoms with Gasteiger partial charge in [-0.1, -0.05) is 6.07 Å². The summed E-state index contributed by atoms with van der Waals surface area (Å²) in [5.74, 6) is -1.22. The molecule has 0 fully saturated rings. The highest BCUT2D eigenvalue weighted by molar-refractivity contribution is 5.44. The molecular formula is C12H12F6O2. The molecule has 114 valence electrons. The maximum atomic E-state index is 12.7. The molecule has 0 radical (unpaired) electrons. The van der Waals surface area contributed by atoms with Gasteiger partial charge in [-0.15, -0.1) is 0 Å². The molecule has 0 N–H and O–H groups in total. The van der Waals surface area contributed by atoms with E-state index in [0.29, 0.717) is 18.2 Å². The average Bonchev–Trinajstić information content (AvgIpc) is 2.32. The van der Waals surface area contributed by atoms with E-state index >= 15 is 0 Å². The van der Waals surface area contributed by atoms with E-state index in [1.807, 2.05) is 0 Å². The molecule has 0 saturated heterocycles. The molecule has 0 aromatic heterocycles. The van der Waals surface area contributed by atoms with Gasteiger partial charge in [-0.25, -0.2) is 0 Å². The lowest BCUT2D eigenvalue weighted by molar-refractivity contribution is -0.145. The van der Waals surface area contributed by atoms with Crippen LogP contribution in [0, 0.1) is 0 Å². The SMILES string of the molecule is CCOCCOc1c(C(F)(F)F)cccc1C(F)(F)F. The van der Waals surface area contributed by atoms with Crippen LogP contribution in [0.4, 0.5) is 26.3 Å². The standard InChI is InChI=1S/C12H12F6O2/c1-2-19-6-7-20-10-8(11(13,14)15)4-3-5-9(10)12(16,17)18/h3-5H,2,6-7H2,1H3. The van der Waals surface area contributed by atoms with Crippen molar-refractivity contribution >= 4 is 0 Å². The first kappa shape index (κ1) is 16.6. The Kier molecular flexibility index (Phi) is 5.27. The highest BCUT2D eigenvalue weighted by Gasteiger charge is 2.41. The molecule has 0 aliphatic rings. The maximum Gasteiger partial charge on any atom is 0.419 e. The fourth-order valence-electron chi connectivity index (χ4n) is 1.49. The number of hydrogen-bond acceptors (Lipinski definition) is 2. The van der Waals surface area contributed by atoms with Gasteiger partial charge in [0.1, 0.15) is 12.4 Å². The zero-order chi connectivity index (χ0) is 15.4. The number of rotatable bonds is 5. The molecule has 0 aliphatic carbocycles. The molecule has 0 aliphatic heterocycles. The van der Waals surface area contributed by atoms with Crippen molar-refractivity contribution in [3.8, 4) is 5.75 Å². The third kappa shape index (κ3) is 4.29. The van der Waals surface area contributed by atoms with Gasteiger partial charge in [-0.2, -0.15) is 26.3 Å². The molecule has 2 nitrogen and oxygen atoms in total. The van der Waals surface area contributed by atoms with E-state index in [1.165, 1.54) is 0 Å². The van der Waals surface area contributed by atoms with E-state index in [-0.39, 0.29) is 13.2 Å². The predicted molar refractivity (Wildman–Crippen MR) is 58.4 cm³/mol. The topological polar surface area (TPSA) is 18.5 Å². The summed E-state index contributed by atoms with van der Waals surface area (Å²) in [7, 11) is 0. The minimum Gasteiger partial charge on any atom is -0.490 e. The monoisotopic (exact) mass is 302 g/mol. The zero-order valence-corrected chi connectivity index (χ0v) is 10.4. The maximum absolute atomic E-state index is 12.7. The number of hydrogen-bond donors (Lipinski definition) is 0. The third-order valence-electron chi connectivity index (χ3n) is 2.30. The molecule has 0 bridgehead atoms. The number of para-hydroxylation sites is 1.